The van der Waals surface area contributed by atoms with E-state index >= 15 is 0 Å². The Labute approximate surface area is 167 Å². The number of aryl methyl sites for hydroxylation is 1. The molecule has 1 N–H and O–H groups in total. The van der Waals surface area contributed by atoms with Gasteiger partial charge < -0.3 is 5.32 Å². The van der Waals surface area contributed by atoms with Gasteiger partial charge in [-0.2, -0.15) is 0 Å². The summed E-state index contributed by atoms with van der Waals surface area (Å²) in [5, 5.41) is 5.85. The van der Waals surface area contributed by atoms with Gasteiger partial charge in [0.1, 0.15) is 5.82 Å². The number of carbonyl (C=O) groups is 1. The van der Waals surface area contributed by atoms with Crippen molar-refractivity contribution < 1.29 is 4.79 Å². The number of hydrogen-bond donors (Lipinski definition) is 1. The van der Waals surface area contributed by atoms with Crippen molar-refractivity contribution in [3.8, 4) is 10.8 Å². The first-order valence-electron chi connectivity index (χ1n) is 9.36. The summed E-state index contributed by atoms with van der Waals surface area (Å²) >= 11 is 1.57. The Balaban J connectivity index is 1.28. The van der Waals surface area contributed by atoms with Crippen LogP contribution in [0.4, 0.5) is 5.82 Å². The summed E-state index contributed by atoms with van der Waals surface area (Å²) < 4.78 is 0. The molecule has 3 aromatic heterocycles. The maximum atomic E-state index is 12.5. The number of nitrogens with one attached hydrogen (secondary N) is 1. The summed E-state index contributed by atoms with van der Waals surface area (Å²) in [6.45, 7) is 4.47. The highest BCUT2D eigenvalue weighted by Crippen LogP contribution is 2.23. The number of aromatic nitrogens is 4. The van der Waals surface area contributed by atoms with E-state index < -0.39 is 0 Å². The van der Waals surface area contributed by atoms with E-state index in [0.29, 0.717) is 11.6 Å². The Morgan fingerprint density at radius 3 is 2.71 bits per heavy atom. The molecule has 0 aliphatic carbocycles. The maximum absolute atomic E-state index is 12.5. The van der Waals surface area contributed by atoms with Gasteiger partial charge in [-0.1, -0.05) is 6.07 Å². The van der Waals surface area contributed by atoms with Crippen molar-refractivity contribution in [2.45, 2.75) is 26.3 Å². The molecule has 28 heavy (non-hydrogen) atoms. The average molecular weight is 395 g/mol. The van der Waals surface area contributed by atoms with Gasteiger partial charge in [-0.05, 0) is 51.1 Å². The number of amides is 1. The van der Waals surface area contributed by atoms with Crippen molar-refractivity contribution in [1.82, 2.24) is 24.8 Å². The van der Waals surface area contributed by atoms with E-state index in [9.17, 15) is 4.79 Å². The largest absolute Gasteiger partial charge is 0.310 e. The van der Waals surface area contributed by atoms with Crippen LogP contribution in [0.5, 0.6) is 0 Å². The van der Waals surface area contributed by atoms with Crippen LogP contribution < -0.4 is 5.32 Å². The van der Waals surface area contributed by atoms with Crippen LogP contribution in [0.3, 0.4) is 0 Å². The van der Waals surface area contributed by atoms with Crippen molar-refractivity contribution in [3.63, 3.8) is 0 Å². The molecule has 4 rings (SSSR count). The van der Waals surface area contributed by atoms with Crippen LogP contribution in [0.1, 0.15) is 24.2 Å². The fourth-order valence-corrected chi connectivity index (χ4v) is 4.07. The zero-order chi connectivity index (χ0) is 19.3. The lowest BCUT2D eigenvalue weighted by Gasteiger charge is -2.30. The number of pyridine rings is 1. The molecule has 1 aliphatic rings. The van der Waals surface area contributed by atoms with E-state index in [2.05, 4.69) is 35.5 Å². The number of thiazole rings is 1. The van der Waals surface area contributed by atoms with Crippen LogP contribution in [0, 0.1) is 12.8 Å². The minimum absolute atomic E-state index is 0.0299. The fourth-order valence-electron chi connectivity index (χ4n) is 3.32. The number of rotatable bonds is 5. The molecule has 0 saturated carbocycles. The molecule has 3 aromatic rings. The van der Waals surface area contributed by atoms with E-state index in [1.54, 1.807) is 29.8 Å². The zero-order valence-corrected chi connectivity index (χ0v) is 16.5. The van der Waals surface area contributed by atoms with Crippen molar-refractivity contribution >= 4 is 23.1 Å². The van der Waals surface area contributed by atoms with E-state index in [0.717, 1.165) is 48.9 Å². The monoisotopic (exact) mass is 394 g/mol. The molecule has 1 fully saturated rings. The van der Waals surface area contributed by atoms with Crippen molar-refractivity contribution in [3.05, 3.63) is 53.4 Å². The summed E-state index contributed by atoms with van der Waals surface area (Å²) in [5.74, 6) is 1.39. The van der Waals surface area contributed by atoms with Gasteiger partial charge in [-0.25, -0.2) is 19.9 Å². The molecule has 0 bridgehead atoms. The molecule has 0 spiro atoms. The molecular weight excluding hydrogens is 372 g/mol. The lowest BCUT2D eigenvalue weighted by atomic mass is 9.96. The Morgan fingerprint density at radius 1 is 1.18 bits per heavy atom. The van der Waals surface area contributed by atoms with Gasteiger partial charge in [0.15, 0.2) is 10.8 Å². The fraction of sp³-hybridized carbons (Fsp3) is 0.350. The zero-order valence-electron chi connectivity index (χ0n) is 15.7. The SMILES string of the molecule is Cc1cccc(NC(=O)C2CCN(Cc3csc(-c4ncccn4)n3)CC2)n1. The van der Waals surface area contributed by atoms with Gasteiger partial charge in [0.05, 0.1) is 5.69 Å². The summed E-state index contributed by atoms with van der Waals surface area (Å²) in [6, 6.07) is 7.45. The minimum Gasteiger partial charge on any atom is -0.310 e. The third-order valence-electron chi connectivity index (χ3n) is 4.79. The van der Waals surface area contributed by atoms with Crippen LogP contribution in [0.15, 0.2) is 42.0 Å². The molecule has 7 nitrogen and oxygen atoms in total. The smallest absolute Gasteiger partial charge is 0.228 e. The number of likely N-dealkylation sites (tertiary alicyclic amines) is 1. The third-order valence-corrected chi connectivity index (χ3v) is 5.68. The molecule has 0 radical (unpaired) electrons. The molecule has 1 aliphatic heterocycles. The molecule has 8 heteroatoms. The Morgan fingerprint density at radius 2 is 1.96 bits per heavy atom. The van der Waals surface area contributed by atoms with Gasteiger partial charge in [0.25, 0.3) is 0 Å². The van der Waals surface area contributed by atoms with E-state index in [-0.39, 0.29) is 11.8 Å². The van der Waals surface area contributed by atoms with Gasteiger partial charge in [0, 0.05) is 35.9 Å². The van der Waals surface area contributed by atoms with Gasteiger partial charge in [0.2, 0.25) is 5.91 Å². The Hall–Kier alpha value is -2.71. The molecule has 1 amide bonds. The highest BCUT2D eigenvalue weighted by atomic mass is 32.1. The molecule has 0 atom stereocenters. The number of hydrogen-bond acceptors (Lipinski definition) is 7. The van der Waals surface area contributed by atoms with Crippen molar-refractivity contribution in [2.75, 3.05) is 18.4 Å². The highest BCUT2D eigenvalue weighted by Gasteiger charge is 2.25. The molecule has 4 heterocycles. The summed E-state index contributed by atoms with van der Waals surface area (Å²) in [5.41, 5.74) is 1.93. The second-order valence-electron chi connectivity index (χ2n) is 6.92. The quantitative estimate of drug-likeness (QED) is 0.716. The molecular formula is C20H22N6OS. The second-order valence-corrected chi connectivity index (χ2v) is 7.78. The predicted octanol–water partition coefficient (Wildman–Crippen LogP) is 3.15. The van der Waals surface area contributed by atoms with Crippen LogP contribution in [0.25, 0.3) is 10.8 Å². The third kappa shape index (κ3) is 4.58. The van der Waals surface area contributed by atoms with E-state index in [1.165, 1.54) is 0 Å². The van der Waals surface area contributed by atoms with Crippen LogP contribution in [-0.4, -0.2) is 43.8 Å². The Kier molecular flexibility index (Phi) is 5.68. The lowest BCUT2D eigenvalue weighted by molar-refractivity contribution is -0.121. The van der Waals surface area contributed by atoms with Gasteiger partial charge >= 0.3 is 0 Å². The minimum atomic E-state index is 0.0299. The van der Waals surface area contributed by atoms with Crippen LogP contribution >= 0.6 is 11.3 Å². The van der Waals surface area contributed by atoms with Crippen LogP contribution in [-0.2, 0) is 11.3 Å². The number of carbonyl (C=O) groups excluding carboxylic acids is 1. The molecule has 0 aromatic carbocycles. The van der Waals surface area contributed by atoms with Crippen LogP contribution in [0.2, 0.25) is 0 Å². The predicted molar refractivity (Wildman–Crippen MR) is 109 cm³/mol. The lowest BCUT2D eigenvalue weighted by Crippen LogP contribution is -2.37. The summed E-state index contributed by atoms with van der Waals surface area (Å²) in [4.78, 5) is 32.4. The molecule has 144 valence electrons. The Bertz CT molecular complexity index is 937. The van der Waals surface area contributed by atoms with Crippen molar-refractivity contribution in [1.29, 1.82) is 0 Å². The highest BCUT2D eigenvalue weighted by molar-refractivity contribution is 7.13. The molecule has 0 unspecified atom stereocenters. The normalized spacial score (nSPS) is 15.5. The number of anilines is 1. The van der Waals surface area contributed by atoms with Crippen molar-refractivity contribution in [2.24, 2.45) is 5.92 Å². The molecule has 1 saturated heterocycles. The van der Waals surface area contributed by atoms with Gasteiger partial charge in [-0.3, -0.25) is 9.69 Å². The topological polar surface area (TPSA) is 83.9 Å². The summed E-state index contributed by atoms with van der Waals surface area (Å²) in [6.07, 6.45) is 5.14. The van der Waals surface area contributed by atoms with E-state index in [1.807, 2.05) is 25.1 Å². The van der Waals surface area contributed by atoms with E-state index in [4.69, 9.17) is 0 Å². The summed E-state index contributed by atoms with van der Waals surface area (Å²) in [7, 11) is 0. The maximum Gasteiger partial charge on any atom is 0.228 e. The van der Waals surface area contributed by atoms with Gasteiger partial charge in [-0.15, -0.1) is 11.3 Å². The first kappa shape index (κ1) is 18.6. The first-order chi connectivity index (χ1) is 13.7. The number of piperidine rings is 1. The first-order valence-corrected chi connectivity index (χ1v) is 10.2. The number of nitrogens with zero attached hydrogens (tertiary/aromatic N) is 5. The second kappa shape index (κ2) is 8.53. The average Bonchev–Trinajstić information content (AvgIpc) is 3.18. The standard InChI is InChI=1S/C20H22N6OS/c1-14-4-2-5-17(23-14)25-19(27)15-6-10-26(11-7-15)12-16-13-28-20(24-16)18-21-8-3-9-22-18/h2-5,8-9,13,15H,6-7,10-12H2,1H3,(H,23,25,27).